The number of phenolic OH excluding ortho intramolecular Hbond substituents is 1. The number of nitrogens with zero attached hydrogens (tertiary/aromatic N) is 1. The maximum atomic E-state index is 10.1. The molecule has 0 bridgehead atoms. The number of anilines is 1. The van der Waals surface area contributed by atoms with Crippen LogP contribution in [0.3, 0.4) is 0 Å². The number of hydrogen-bond acceptors (Lipinski definition) is 4. The number of allylic oxidation sites excluding steroid dienone is 1. The van der Waals surface area contributed by atoms with Gasteiger partial charge in [-0.1, -0.05) is 48.5 Å². The van der Waals surface area contributed by atoms with Gasteiger partial charge in [0.15, 0.2) is 6.29 Å². The van der Waals surface area contributed by atoms with Crippen LogP contribution in [0.1, 0.15) is 47.9 Å². The lowest BCUT2D eigenvalue weighted by Crippen LogP contribution is -2.35. The number of methoxy groups -OCH3 is 2. The molecule has 5 rings (SSSR count). The van der Waals surface area contributed by atoms with E-state index in [1.807, 2.05) is 12.1 Å². The molecule has 0 atom stereocenters. The van der Waals surface area contributed by atoms with E-state index in [1.54, 1.807) is 14.2 Å². The summed E-state index contributed by atoms with van der Waals surface area (Å²) in [5, 5.41) is 10.1. The van der Waals surface area contributed by atoms with Crippen molar-refractivity contribution in [3.63, 3.8) is 0 Å². The zero-order chi connectivity index (χ0) is 24.2. The summed E-state index contributed by atoms with van der Waals surface area (Å²) in [5.41, 5.74) is 8.90. The number of benzene rings is 3. The smallest absolute Gasteiger partial charge is 0.157 e. The van der Waals surface area contributed by atoms with E-state index in [4.69, 9.17) is 9.47 Å². The molecule has 0 spiro atoms. The highest BCUT2D eigenvalue weighted by Crippen LogP contribution is 2.42. The summed E-state index contributed by atoms with van der Waals surface area (Å²) in [5.74, 6) is 0.983. The molecule has 4 heteroatoms. The molecule has 4 nitrogen and oxygen atoms in total. The van der Waals surface area contributed by atoms with Crippen LogP contribution >= 0.6 is 0 Å². The van der Waals surface area contributed by atoms with Gasteiger partial charge in [0.25, 0.3) is 0 Å². The van der Waals surface area contributed by atoms with Gasteiger partial charge in [0.1, 0.15) is 5.75 Å². The molecule has 3 aromatic rings. The standard InChI is InChI=1S/C31H35NO3/c1-34-30(35-2)20-22-16-18-32(19-17-22)26-11-8-24(9-12-26)31-28(23-6-4-3-5-7-23)14-10-25-21-27(33)13-15-29(25)31/h3-9,11-13,15,21-22,30,33H,10,14,16-20H2,1-2H3. The first-order chi connectivity index (χ1) is 17.2. The van der Waals surface area contributed by atoms with Crippen LogP contribution in [-0.2, 0) is 15.9 Å². The number of ether oxygens (including phenoxy) is 2. The van der Waals surface area contributed by atoms with Gasteiger partial charge in [0.2, 0.25) is 0 Å². The Bertz CT molecular complexity index is 1160. The third-order valence-electron chi connectivity index (χ3n) is 7.61. The minimum absolute atomic E-state index is 0.0989. The fourth-order valence-electron chi connectivity index (χ4n) is 5.66. The van der Waals surface area contributed by atoms with Crippen molar-refractivity contribution in [2.24, 2.45) is 5.92 Å². The van der Waals surface area contributed by atoms with Crippen molar-refractivity contribution in [3.05, 3.63) is 95.1 Å². The molecule has 0 radical (unpaired) electrons. The predicted molar refractivity (Wildman–Crippen MR) is 143 cm³/mol. The van der Waals surface area contributed by atoms with E-state index in [1.165, 1.54) is 39.1 Å². The van der Waals surface area contributed by atoms with Crippen molar-refractivity contribution >= 4 is 16.8 Å². The Labute approximate surface area is 208 Å². The summed E-state index contributed by atoms with van der Waals surface area (Å²) in [4.78, 5) is 2.49. The van der Waals surface area contributed by atoms with Gasteiger partial charge in [-0.15, -0.1) is 0 Å². The van der Waals surface area contributed by atoms with Gasteiger partial charge < -0.3 is 19.5 Å². The SMILES string of the molecule is COC(CC1CCN(c2ccc(C3=C(c4ccccc4)CCc4cc(O)ccc43)cc2)CC1)OC. The van der Waals surface area contributed by atoms with Crippen LogP contribution in [0.2, 0.25) is 0 Å². The van der Waals surface area contributed by atoms with Crippen LogP contribution in [0.4, 0.5) is 5.69 Å². The van der Waals surface area contributed by atoms with E-state index >= 15 is 0 Å². The Morgan fingerprint density at radius 1 is 0.857 bits per heavy atom. The minimum atomic E-state index is -0.0989. The third kappa shape index (κ3) is 5.14. The van der Waals surface area contributed by atoms with E-state index in [0.29, 0.717) is 11.7 Å². The molecule has 2 aliphatic rings. The fourth-order valence-corrected chi connectivity index (χ4v) is 5.66. The molecule has 1 saturated heterocycles. The van der Waals surface area contributed by atoms with Crippen LogP contribution in [0, 0.1) is 5.92 Å². The number of piperidine rings is 1. The molecule has 1 aliphatic carbocycles. The molecule has 35 heavy (non-hydrogen) atoms. The summed E-state index contributed by atoms with van der Waals surface area (Å²) >= 11 is 0. The van der Waals surface area contributed by atoms with Crippen LogP contribution in [0.25, 0.3) is 11.1 Å². The molecule has 0 unspecified atom stereocenters. The second-order valence-corrected chi connectivity index (χ2v) is 9.67. The molecule has 1 fully saturated rings. The summed E-state index contributed by atoms with van der Waals surface area (Å²) < 4.78 is 10.8. The van der Waals surface area contributed by atoms with E-state index in [-0.39, 0.29) is 6.29 Å². The van der Waals surface area contributed by atoms with Gasteiger partial charge >= 0.3 is 0 Å². The van der Waals surface area contributed by atoms with Gasteiger partial charge in [0.05, 0.1) is 0 Å². The predicted octanol–water partition coefficient (Wildman–Crippen LogP) is 6.52. The second kappa shape index (κ2) is 10.7. The normalized spacial score (nSPS) is 16.6. The van der Waals surface area contributed by atoms with Crippen molar-refractivity contribution in [3.8, 4) is 5.75 Å². The van der Waals surface area contributed by atoms with Crippen LogP contribution < -0.4 is 4.90 Å². The molecule has 0 amide bonds. The van der Waals surface area contributed by atoms with Crippen LogP contribution in [0.5, 0.6) is 5.75 Å². The molecule has 1 N–H and O–H groups in total. The van der Waals surface area contributed by atoms with Crippen molar-refractivity contribution in [1.82, 2.24) is 0 Å². The quantitative estimate of drug-likeness (QED) is 0.400. The Kier molecular flexibility index (Phi) is 7.21. The van der Waals surface area contributed by atoms with Gasteiger partial charge in [-0.3, -0.25) is 0 Å². The zero-order valence-electron chi connectivity index (χ0n) is 20.7. The topological polar surface area (TPSA) is 41.9 Å². The van der Waals surface area contributed by atoms with Crippen LogP contribution in [0.15, 0.2) is 72.8 Å². The van der Waals surface area contributed by atoms with Crippen LogP contribution in [-0.4, -0.2) is 38.7 Å². The number of phenols is 1. The molecule has 1 heterocycles. The third-order valence-corrected chi connectivity index (χ3v) is 7.61. The molecule has 0 saturated carbocycles. The van der Waals surface area contributed by atoms with Crippen molar-refractivity contribution in [2.75, 3.05) is 32.2 Å². The van der Waals surface area contributed by atoms with E-state index in [2.05, 4.69) is 65.6 Å². The minimum Gasteiger partial charge on any atom is -0.508 e. The van der Waals surface area contributed by atoms with E-state index < -0.39 is 0 Å². The number of fused-ring (bicyclic) bond motifs is 1. The Balaban J connectivity index is 1.40. The first-order valence-electron chi connectivity index (χ1n) is 12.7. The molecular formula is C31H35NO3. The molecule has 182 valence electrons. The summed E-state index contributed by atoms with van der Waals surface area (Å²) in [6, 6.07) is 25.6. The fraction of sp³-hybridized carbons (Fsp3) is 0.355. The van der Waals surface area contributed by atoms with Gasteiger partial charge in [-0.05, 0) is 89.3 Å². The molecule has 0 aromatic heterocycles. The first kappa shape index (κ1) is 23.7. The van der Waals surface area contributed by atoms with Gasteiger partial charge in [-0.2, -0.15) is 0 Å². The highest BCUT2D eigenvalue weighted by Gasteiger charge is 2.24. The lowest BCUT2D eigenvalue weighted by atomic mass is 9.79. The number of aromatic hydroxyl groups is 1. The molecule has 3 aromatic carbocycles. The number of hydrogen-bond donors (Lipinski definition) is 1. The van der Waals surface area contributed by atoms with Crippen molar-refractivity contribution in [1.29, 1.82) is 0 Å². The lowest BCUT2D eigenvalue weighted by molar-refractivity contribution is -0.115. The Hall–Kier alpha value is -3.08. The van der Waals surface area contributed by atoms with Crippen molar-refractivity contribution in [2.45, 2.75) is 38.4 Å². The highest BCUT2D eigenvalue weighted by molar-refractivity contribution is 6.01. The number of aryl methyl sites for hydroxylation is 1. The van der Waals surface area contributed by atoms with Gasteiger partial charge in [0, 0.05) is 39.4 Å². The van der Waals surface area contributed by atoms with Crippen molar-refractivity contribution < 1.29 is 14.6 Å². The monoisotopic (exact) mass is 469 g/mol. The highest BCUT2D eigenvalue weighted by atomic mass is 16.7. The van der Waals surface area contributed by atoms with Gasteiger partial charge in [-0.25, -0.2) is 0 Å². The maximum absolute atomic E-state index is 10.1. The lowest BCUT2D eigenvalue weighted by Gasteiger charge is -2.34. The average molecular weight is 470 g/mol. The second-order valence-electron chi connectivity index (χ2n) is 9.67. The summed E-state index contributed by atoms with van der Waals surface area (Å²) in [7, 11) is 3.44. The van der Waals surface area contributed by atoms with E-state index in [9.17, 15) is 5.11 Å². The Morgan fingerprint density at radius 2 is 1.57 bits per heavy atom. The average Bonchev–Trinajstić information content (AvgIpc) is 2.92. The zero-order valence-corrected chi connectivity index (χ0v) is 20.7. The molecular weight excluding hydrogens is 434 g/mol. The largest absolute Gasteiger partial charge is 0.508 e. The maximum Gasteiger partial charge on any atom is 0.157 e. The first-order valence-corrected chi connectivity index (χ1v) is 12.7. The Morgan fingerprint density at radius 3 is 2.26 bits per heavy atom. The summed E-state index contributed by atoms with van der Waals surface area (Å²) in [6.45, 7) is 2.12. The molecule has 1 aliphatic heterocycles. The van der Waals surface area contributed by atoms with E-state index in [0.717, 1.165) is 45.2 Å². The number of rotatable bonds is 7. The summed E-state index contributed by atoms with van der Waals surface area (Å²) in [6.07, 6.45) is 5.09.